The van der Waals surface area contributed by atoms with E-state index in [-0.39, 0.29) is 12.6 Å². The van der Waals surface area contributed by atoms with E-state index in [4.69, 9.17) is 14.4 Å². The van der Waals surface area contributed by atoms with Crippen molar-refractivity contribution < 1.29 is 33.4 Å². The SMILES string of the molecule is CCCCCCCCOCCCCCCCN(CCO)CCCCCCCC(=O)OCCCCCCC.CCCCCCCCO[P+](=O)O. The van der Waals surface area contributed by atoms with Gasteiger partial charge in [-0.15, -0.1) is 9.42 Å². The van der Waals surface area contributed by atoms with Gasteiger partial charge < -0.3 is 19.5 Å². The molecule has 0 aromatic carbocycles. The molecule has 1 atom stereocenters. The molecule has 0 fully saturated rings. The Morgan fingerprint density at radius 3 is 1.35 bits per heavy atom. The third-order valence-corrected chi connectivity index (χ3v) is 9.29. The maximum atomic E-state index is 11.8. The van der Waals surface area contributed by atoms with Crippen LogP contribution in [0.2, 0.25) is 0 Å². The number of ether oxygens (including phenoxy) is 2. The van der Waals surface area contributed by atoms with Gasteiger partial charge >= 0.3 is 14.2 Å². The minimum atomic E-state index is -2.38. The van der Waals surface area contributed by atoms with Crippen LogP contribution in [-0.2, 0) is 23.4 Å². The Morgan fingerprint density at radius 1 is 0.510 bits per heavy atom. The summed E-state index contributed by atoms with van der Waals surface area (Å²) < 4.78 is 25.7. The van der Waals surface area contributed by atoms with Crippen molar-refractivity contribution in [3.63, 3.8) is 0 Å². The third kappa shape index (κ3) is 47.4. The lowest BCUT2D eigenvalue weighted by atomic mass is 10.1. The predicted molar refractivity (Wildman–Crippen MR) is 207 cm³/mol. The van der Waals surface area contributed by atoms with Crippen molar-refractivity contribution in [2.45, 2.75) is 201 Å². The number of carbonyl (C=O) groups excluding carboxylic acids is 1. The molecule has 0 aromatic heterocycles. The minimum absolute atomic E-state index is 0.0229. The standard InChI is InChI=1S/C32H65NO4.C8H17O3P/c1-3-5-7-9-16-21-29-36-30-22-17-11-14-20-26-33(27-28-34)25-19-13-10-12-18-24-32(35)37-31-23-15-8-6-4-2;1-2-3-4-5-6-7-8-11-12(9)10/h34H,3-31H2,1-2H3;2-8H2,1H3/p+1. The number of aliphatic hydroxyl groups excluding tert-OH is 1. The summed E-state index contributed by atoms with van der Waals surface area (Å²) in [5, 5.41) is 9.39. The Hall–Kier alpha value is -0.630. The third-order valence-electron chi connectivity index (χ3n) is 8.89. The van der Waals surface area contributed by atoms with Crippen LogP contribution in [0, 0.1) is 0 Å². The molecule has 49 heavy (non-hydrogen) atoms. The summed E-state index contributed by atoms with van der Waals surface area (Å²) in [6, 6.07) is 0. The summed E-state index contributed by atoms with van der Waals surface area (Å²) >= 11 is 0. The largest absolute Gasteiger partial charge is 0.694 e. The summed E-state index contributed by atoms with van der Waals surface area (Å²) in [6.07, 6.45) is 33.3. The summed E-state index contributed by atoms with van der Waals surface area (Å²) in [5.74, 6) is -0.0229. The van der Waals surface area contributed by atoms with Gasteiger partial charge in [0.1, 0.15) is 6.61 Å². The zero-order chi connectivity index (χ0) is 36.3. The summed E-state index contributed by atoms with van der Waals surface area (Å²) in [5.41, 5.74) is 0. The quantitative estimate of drug-likeness (QED) is 0.0367. The highest BCUT2D eigenvalue weighted by atomic mass is 31.1. The van der Waals surface area contributed by atoms with Gasteiger partial charge in [-0.25, -0.2) is 0 Å². The lowest BCUT2D eigenvalue weighted by Crippen LogP contribution is -2.29. The fourth-order valence-electron chi connectivity index (χ4n) is 5.76. The second-order valence-electron chi connectivity index (χ2n) is 13.7. The van der Waals surface area contributed by atoms with Gasteiger partial charge in [0, 0.05) is 30.7 Å². The number of rotatable bonds is 39. The number of esters is 1. The highest BCUT2D eigenvalue weighted by Crippen LogP contribution is 2.16. The van der Waals surface area contributed by atoms with Gasteiger partial charge in [0.25, 0.3) is 0 Å². The van der Waals surface area contributed by atoms with Crippen molar-refractivity contribution in [1.29, 1.82) is 0 Å². The van der Waals surface area contributed by atoms with Gasteiger partial charge in [0.05, 0.1) is 13.2 Å². The molecule has 8 nitrogen and oxygen atoms in total. The topological polar surface area (TPSA) is 106 Å². The lowest BCUT2D eigenvalue weighted by molar-refractivity contribution is -0.143. The first kappa shape index (κ1) is 50.5. The zero-order valence-corrected chi connectivity index (χ0v) is 33.7. The molecule has 0 bridgehead atoms. The van der Waals surface area contributed by atoms with Crippen molar-refractivity contribution in [2.75, 3.05) is 52.7 Å². The van der Waals surface area contributed by atoms with Crippen LogP contribution in [0.5, 0.6) is 0 Å². The molecule has 294 valence electrons. The molecule has 0 rings (SSSR count). The average Bonchev–Trinajstić information content (AvgIpc) is 3.09. The molecule has 1 unspecified atom stereocenters. The Kier molecular flexibility index (Phi) is 46.8. The molecule has 0 heterocycles. The molecule has 9 heteroatoms. The molecule has 2 N–H and O–H groups in total. The van der Waals surface area contributed by atoms with Crippen LogP contribution in [0.25, 0.3) is 0 Å². The number of nitrogens with zero attached hydrogens (tertiary/aromatic N) is 1. The Balaban J connectivity index is 0. The van der Waals surface area contributed by atoms with Crippen molar-refractivity contribution in [3.8, 4) is 0 Å². The fourth-order valence-corrected chi connectivity index (χ4v) is 6.04. The van der Waals surface area contributed by atoms with Gasteiger partial charge in [0.15, 0.2) is 0 Å². The maximum absolute atomic E-state index is 11.8. The van der Waals surface area contributed by atoms with Gasteiger partial charge in [-0.3, -0.25) is 4.79 Å². The van der Waals surface area contributed by atoms with Crippen LogP contribution in [0.3, 0.4) is 0 Å². The molecular formula is C40H83NO7P+. The fraction of sp³-hybridized carbons (Fsp3) is 0.975. The lowest BCUT2D eigenvalue weighted by Gasteiger charge is -2.21. The van der Waals surface area contributed by atoms with E-state index < -0.39 is 8.25 Å². The Bertz CT molecular complexity index is 656. The van der Waals surface area contributed by atoms with E-state index in [1.165, 1.54) is 141 Å². The monoisotopic (exact) mass is 721 g/mol. The van der Waals surface area contributed by atoms with E-state index in [0.717, 1.165) is 65.0 Å². The molecule has 0 aliphatic carbocycles. The van der Waals surface area contributed by atoms with Crippen LogP contribution in [0.4, 0.5) is 0 Å². The molecule has 0 spiro atoms. The van der Waals surface area contributed by atoms with Gasteiger partial charge in [-0.2, -0.15) is 0 Å². The molecule has 0 radical (unpaired) electrons. The first-order valence-electron chi connectivity index (χ1n) is 20.9. The molecule has 0 aliphatic rings. The predicted octanol–water partition coefficient (Wildman–Crippen LogP) is 11.5. The molecule has 0 aromatic rings. The van der Waals surface area contributed by atoms with E-state index in [1.54, 1.807) is 0 Å². The van der Waals surface area contributed by atoms with E-state index in [0.29, 0.717) is 19.6 Å². The van der Waals surface area contributed by atoms with Crippen molar-refractivity contribution in [2.24, 2.45) is 0 Å². The van der Waals surface area contributed by atoms with Crippen molar-refractivity contribution >= 4 is 14.2 Å². The summed E-state index contributed by atoms with van der Waals surface area (Å²) in [6.45, 7) is 12.7. The summed E-state index contributed by atoms with van der Waals surface area (Å²) in [7, 11) is -2.38. The van der Waals surface area contributed by atoms with Crippen molar-refractivity contribution in [1.82, 2.24) is 4.90 Å². The number of carbonyl (C=O) groups is 1. The van der Waals surface area contributed by atoms with E-state index in [1.807, 2.05) is 0 Å². The first-order chi connectivity index (χ1) is 24.0. The van der Waals surface area contributed by atoms with Gasteiger partial charge in [-0.05, 0) is 58.0 Å². The smallest absolute Gasteiger partial charge is 0.466 e. The second kappa shape index (κ2) is 45.4. The molecule has 0 saturated carbocycles. The Labute approximate surface area is 305 Å². The van der Waals surface area contributed by atoms with Crippen LogP contribution >= 0.6 is 8.25 Å². The molecule has 0 aliphatic heterocycles. The number of hydrogen-bond acceptors (Lipinski definition) is 7. The zero-order valence-electron chi connectivity index (χ0n) is 32.8. The summed E-state index contributed by atoms with van der Waals surface area (Å²) in [4.78, 5) is 22.5. The van der Waals surface area contributed by atoms with Gasteiger partial charge in [0.2, 0.25) is 0 Å². The first-order valence-corrected chi connectivity index (χ1v) is 22.0. The van der Waals surface area contributed by atoms with E-state index >= 15 is 0 Å². The molecule has 0 amide bonds. The average molecular weight is 721 g/mol. The number of aliphatic hydroxyl groups is 1. The van der Waals surface area contributed by atoms with Crippen LogP contribution in [-0.4, -0.2) is 73.5 Å². The van der Waals surface area contributed by atoms with Crippen LogP contribution in [0.1, 0.15) is 201 Å². The number of hydrogen-bond donors (Lipinski definition) is 2. The Morgan fingerprint density at radius 2 is 0.898 bits per heavy atom. The second-order valence-corrected chi connectivity index (χ2v) is 14.4. The molecule has 0 saturated heterocycles. The normalized spacial score (nSPS) is 11.5. The van der Waals surface area contributed by atoms with Crippen LogP contribution in [0.15, 0.2) is 0 Å². The highest BCUT2D eigenvalue weighted by Gasteiger charge is 2.10. The maximum Gasteiger partial charge on any atom is 0.694 e. The number of unbranched alkanes of at least 4 members (excludes halogenated alkanes) is 22. The minimum Gasteiger partial charge on any atom is -0.466 e. The van der Waals surface area contributed by atoms with Gasteiger partial charge in [-0.1, -0.05) is 149 Å². The van der Waals surface area contributed by atoms with Crippen molar-refractivity contribution in [3.05, 3.63) is 0 Å². The van der Waals surface area contributed by atoms with Crippen LogP contribution < -0.4 is 0 Å². The van der Waals surface area contributed by atoms with E-state index in [2.05, 4.69) is 30.2 Å². The molecular weight excluding hydrogens is 637 g/mol. The van der Waals surface area contributed by atoms with E-state index in [9.17, 15) is 14.5 Å². The highest BCUT2D eigenvalue weighted by molar-refractivity contribution is 7.32.